The summed E-state index contributed by atoms with van der Waals surface area (Å²) in [4.78, 5) is 23.9. The maximum Gasteiger partial charge on any atom is 0.342 e. The van der Waals surface area contributed by atoms with Gasteiger partial charge in [0.2, 0.25) is 0 Å². The van der Waals surface area contributed by atoms with E-state index in [1.165, 1.54) is 25.1 Å². The number of nitrogens with one attached hydrogen (secondary N) is 1. The molecule has 0 spiro atoms. The van der Waals surface area contributed by atoms with E-state index in [2.05, 4.69) is 5.32 Å². The zero-order valence-electron chi connectivity index (χ0n) is 12.0. The molecule has 0 aliphatic rings. The number of carbonyl (C=O) groups excluding carboxylic acids is 2. The molecule has 7 heteroatoms. The first kappa shape index (κ1) is 16.8. The van der Waals surface area contributed by atoms with Gasteiger partial charge in [-0.3, -0.25) is 4.79 Å². The highest BCUT2D eigenvalue weighted by molar-refractivity contribution is 6.33. The highest BCUT2D eigenvalue weighted by Gasteiger charge is 2.21. The molecule has 120 valence electrons. The molecule has 1 amide bonds. The minimum Gasteiger partial charge on any atom is -0.507 e. The third-order valence-electron chi connectivity index (χ3n) is 2.97. The molecule has 2 aromatic carbocycles. The van der Waals surface area contributed by atoms with E-state index in [-0.39, 0.29) is 22.0 Å². The van der Waals surface area contributed by atoms with Gasteiger partial charge in [0.15, 0.2) is 6.10 Å². The number of carbonyl (C=O) groups is 2. The van der Waals surface area contributed by atoms with Crippen LogP contribution in [0.2, 0.25) is 5.02 Å². The summed E-state index contributed by atoms with van der Waals surface area (Å²) in [6.45, 7) is 1.37. The summed E-state index contributed by atoms with van der Waals surface area (Å²) < 4.78 is 17.9. The quantitative estimate of drug-likeness (QED) is 0.839. The standard InChI is InChI=1S/C16H13ClFNO4/c1-9(23-16(22)11-4-2-3-5-14(11)20)15(21)19-13-7-6-10(18)8-12(13)17/h2-9,20H,1H3,(H,19,21). The topological polar surface area (TPSA) is 75.6 Å². The van der Waals surface area contributed by atoms with Crippen LogP contribution in [0.15, 0.2) is 42.5 Å². The normalized spacial score (nSPS) is 11.6. The van der Waals surface area contributed by atoms with Crippen molar-refractivity contribution in [2.24, 2.45) is 0 Å². The number of rotatable bonds is 4. The number of halogens is 2. The summed E-state index contributed by atoms with van der Waals surface area (Å²) in [6.07, 6.45) is -1.14. The van der Waals surface area contributed by atoms with Gasteiger partial charge in [-0.15, -0.1) is 0 Å². The summed E-state index contributed by atoms with van der Waals surface area (Å²) in [7, 11) is 0. The molecule has 2 aromatic rings. The molecule has 2 N–H and O–H groups in total. The van der Waals surface area contributed by atoms with Crippen LogP contribution in [0.3, 0.4) is 0 Å². The van der Waals surface area contributed by atoms with Crippen LogP contribution >= 0.6 is 11.6 Å². The lowest BCUT2D eigenvalue weighted by Crippen LogP contribution is -2.30. The molecule has 5 nitrogen and oxygen atoms in total. The van der Waals surface area contributed by atoms with Gasteiger partial charge in [-0.1, -0.05) is 23.7 Å². The van der Waals surface area contributed by atoms with Crippen molar-refractivity contribution in [2.45, 2.75) is 13.0 Å². The molecular weight excluding hydrogens is 325 g/mol. The van der Waals surface area contributed by atoms with Crippen LogP contribution in [0.4, 0.5) is 10.1 Å². The van der Waals surface area contributed by atoms with Gasteiger partial charge in [-0.2, -0.15) is 0 Å². The first-order chi connectivity index (χ1) is 10.9. The molecule has 0 heterocycles. The summed E-state index contributed by atoms with van der Waals surface area (Å²) in [5.41, 5.74) is 0.149. The Balaban J connectivity index is 2.03. The third kappa shape index (κ3) is 4.20. The maximum atomic E-state index is 13.0. The number of ether oxygens (including phenoxy) is 1. The van der Waals surface area contributed by atoms with Crippen LogP contribution in [0, 0.1) is 5.82 Å². The van der Waals surface area contributed by atoms with Crippen molar-refractivity contribution in [1.82, 2.24) is 0 Å². The van der Waals surface area contributed by atoms with Crippen molar-refractivity contribution >= 4 is 29.2 Å². The Morgan fingerprint density at radius 2 is 1.96 bits per heavy atom. The van der Waals surface area contributed by atoms with E-state index in [1.807, 2.05) is 0 Å². The van der Waals surface area contributed by atoms with Gasteiger partial charge < -0.3 is 15.2 Å². The number of anilines is 1. The highest BCUT2D eigenvalue weighted by Crippen LogP contribution is 2.23. The van der Waals surface area contributed by atoms with E-state index in [9.17, 15) is 19.1 Å². The number of esters is 1. The van der Waals surface area contributed by atoms with E-state index in [4.69, 9.17) is 16.3 Å². The fourth-order valence-electron chi connectivity index (χ4n) is 1.75. The SMILES string of the molecule is CC(OC(=O)c1ccccc1O)C(=O)Nc1ccc(F)cc1Cl. The zero-order chi connectivity index (χ0) is 17.0. The molecule has 1 atom stereocenters. The van der Waals surface area contributed by atoms with Crippen molar-refractivity contribution in [3.8, 4) is 5.75 Å². The summed E-state index contributed by atoms with van der Waals surface area (Å²) >= 11 is 5.81. The first-order valence-electron chi connectivity index (χ1n) is 6.63. The highest BCUT2D eigenvalue weighted by atomic mass is 35.5. The largest absolute Gasteiger partial charge is 0.507 e. The second-order valence-electron chi connectivity index (χ2n) is 4.68. The predicted molar refractivity (Wildman–Crippen MR) is 83.0 cm³/mol. The lowest BCUT2D eigenvalue weighted by molar-refractivity contribution is -0.123. The number of benzene rings is 2. The van der Waals surface area contributed by atoms with E-state index in [0.29, 0.717) is 0 Å². The Hall–Kier alpha value is -2.60. The van der Waals surface area contributed by atoms with Gasteiger partial charge in [-0.05, 0) is 37.3 Å². The van der Waals surface area contributed by atoms with E-state index < -0.39 is 23.8 Å². The van der Waals surface area contributed by atoms with Gasteiger partial charge in [0, 0.05) is 0 Å². The molecule has 1 unspecified atom stereocenters. The Kier molecular flexibility index (Phi) is 5.18. The fraction of sp³-hybridized carbons (Fsp3) is 0.125. The summed E-state index contributed by atoms with van der Waals surface area (Å²) in [5.74, 6) is -2.25. The molecule has 23 heavy (non-hydrogen) atoms. The van der Waals surface area contributed by atoms with Crippen LogP contribution in [-0.2, 0) is 9.53 Å². The van der Waals surface area contributed by atoms with Crippen molar-refractivity contribution in [2.75, 3.05) is 5.32 Å². The lowest BCUT2D eigenvalue weighted by Gasteiger charge is -2.14. The van der Waals surface area contributed by atoms with E-state index in [0.717, 1.165) is 12.1 Å². The van der Waals surface area contributed by atoms with Crippen molar-refractivity contribution in [1.29, 1.82) is 0 Å². The minimum absolute atomic E-state index is 0.0255. The fourth-order valence-corrected chi connectivity index (χ4v) is 1.96. The molecule has 0 fully saturated rings. The summed E-state index contributed by atoms with van der Waals surface area (Å²) in [6, 6.07) is 9.31. The number of para-hydroxylation sites is 1. The van der Waals surface area contributed by atoms with Crippen molar-refractivity contribution in [3.05, 3.63) is 58.9 Å². The molecule has 0 aliphatic carbocycles. The van der Waals surface area contributed by atoms with Crippen LogP contribution in [-0.4, -0.2) is 23.1 Å². The zero-order valence-corrected chi connectivity index (χ0v) is 12.8. The molecule has 2 rings (SSSR count). The minimum atomic E-state index is -1.14. The lowest BCUT2D eigenvalue weighted by atomic mass is 10.2. The number of hydrogen-bond acceptors (Lipinski definition) is 4. The molecule has 0 aromatic heterocycles. The number of aromatic hydroxyl groups is 1. The van der Waals surface area contributed by atoms with Crippen LogP contribution in [0.25, 0.3) is 0 Å². The van der Waals surface area contributed by atoms with Crippen LogP contribution in [0.5, 0.6) is 5.75 Å². The summed E-state index contributed by atoms with van der Waals surface area (Å²) in [5, 5.41) is 12.0. The van der Waals surface area contributed by atoms with Gasteiger partial charge in [0.1, 0.15) is 17.1 Å². The van der Waals surface area contributed by atoms with E-state index in [1.54, 1.807) is 12.1 Å². The van der Waals surface area contributed by atoms with Crippen molar-refractivity contribution < 1.29 is 23.8 Å². The Labute approximate surface area is 136 Å². The van der Waals surface area contributed by atoms with Gasteiger partial charge in [0.25, 0.3) is 5.91 Å². The Bertz CT molecular complexity index is 751. The average Bonchev–Trinajstić information content (AvgIpc) is 2.50. The molecule has 0 bridgehead atoms. The molecule has 0 aliphatic heterocycles. The average molecular weight is 338 g/mol. The third-order valence-corrected chi connectivity index (χ3v) is 3.28. The van der Waals surface area contributed by atoms with Gasteiger partial charge in [0.05, 0.1) is 10.7 Å². The molecule has 0 saturated heterocycles. The van der Waals surface area contributed by atoms with E-state index >= 15 is 0 Å². The predicted octanol–water partition coefficient (Wildman–Crippen LogP) is 3.37. The number of phenols is 1. The van der Waals surface area contributed by atoms with Crippen molar-refractivity contribution in [3.63, 3.8) is 0 Å². The molecule has 0 saturated carbocycles. The molecule has 0 radical (unpaired) electrons. The maximum absolute atomic E-state index is 13.0. The monoisotopic (exact) mass is 337 g/mol. The Morgan fingerprint density at radius 3 is 2.61 bits per heavy atom. The smallest absolute Gasteiger partial charge is 0.342 e. The second kappa shape index (κ2) is 7.11. The first-order valence-corrected chi connectivity index (χ1v) is 7.01. The number of hydrogen-bond donors (Lipinski definition) is 2. The van der Waals surface area contributed by atoms with Crippen LogP contribution in [0.1, 0.15) is 17.3 Å². The Morgan fingerprint density at radius 1 is 1.26 bits per heavy atom. The van der Waals surface area contributed by atoms with Gasteiger partial charge in [-0.25, -0.2) is 9.18 Å². The molecular formula is C16H13ClFNO4. The van der Waals surface area contributed by atoms with Crippen LogP contribution < -0.4 is 5.32 Å². The number of phenolic OH excluding ortho intramolecular Hbond substituents is 1. The van der Waals surface area contributed by atoms with Gasteiger partial charge >= 0.3 is 5.97 Å². The second-order valence-corrected chi connectivity index (χ2v) is 5.09. The number of amides is 1.